The van der Waals surface area contributed by atoms with Crippen LogP contribution in [0.4, 0.5) is 0 Å². The maximum Gasteiger partial charge on any atom is 0.153 e. The van der Waals surface area contributed by atoms with Crippen LogP contribution >= 0.6 is 11.6 Å². The summed E-state index contributed by atoms with van der Waals surface area (Å²) in [5, 5.41) is 8.04. The van der Waals surface area contributed by atoms with Gasteiger partial charge in [-0.1, -0.05) is 18.5 Å². The molecule has 0 fully saturated rings. The summed E-state index contributed by atoms with van der Waals surface area (Å²) in [7, 11) is 0. The monoisotopic (exact) mass is 236 g/mol. The number of rotatable bonds is 4. The van der Waals surface area contributed by atoms with Gasteiger partial charge in [0.1, 0.15) is 0 Å². The first-order valence-corrected chi connectivity index (χ1v) is 5.54. The Morgan fingerprint density at radius 3 is 3.06 bits per heavy atom. The first-order chi connectivity index (χ1) is 7.81. The molecule has 2 rings (SSSR count). The van der Waals surface area contributed by atoms with Gasteiger partial charge in [0.25, 0.3) is 0 Å². The van der Waals surface area contributed by atoms with E-state index in [1.54, 1.807) is 17.1 Å². The van der Waals surface area contributed by atoms with E-state index in [4.69, 9.17) is 11.6 Å². The number of halogens is 1. The summed E-state index contributed by atoms with van der Waals surface area (Å²) >= 11 is 6.06. The molecule has 0 radical (unpaired) electrons. The summed E-state index contributed by atoms with van der Waals surface area (Å²) in [4.78, 5) is 4.23. The average molecular weight is 237 g/mol. The molecular formula is C11H13ClN4. The summed E-state index contributed by atoms with van der Waals surface area (Å²) in [6, 6.07) is 3.80. The highest BCUT2D eigenvalue weighted by Gasteiger charge is 2.04. The fourth-order valence-corrected chi connectivity index (χ4v) is 1.56. The summed E-state index contributed by atoms with van der Waals surface area (Å²) < 4.78 is 1.71. The van der Waals surface area contributed by atoms with E-state index in [9.17, 15) is 0 Å². The molecule has 2 aromatic rings. The highest BCUT2D eigenvalue weighted by molar-refractivity contribution is 6.31. The summed E-state index contributed by atoms with van der Waals surface area (Å²) in [6.07, 6.45) is 5.23. The van der Waals surface area contributed by atoms with Gasteiger partial charge in [-0.2, -0.15) is 5.10 Å². The van der Waals surface area contributed by atoms with Crippen LogP contribution in [0.1, 0.15) is 12.5 Å². The van der Waals surface area contributed by atoms with Gasteiger partial charge < -0.3 is 5.32 Å². The smallest absolute Gasteiger partial charge is 0.153 e. The molecule has 0 aliphatic heterocycles. The van der Waals surface area contributed by atoms with E-state index in [2.05, 4.69) is 22.3 Å². The lowest BCUT2D eigenvalue weighted by molar-refractivity contribution is 0.723. The number of hydrogen-bond acceptors (Lipinski definition) is 3. The number of hydrogen-bond donors (Lipinski definition) is 1. The van der Waals surface area contributed by atoms with Crippen molar-refractivity contribution in [1.29, 1.82) is 0 Å². The zero-order valence-corrected chi connectivity index (χ0v) is 9.78. The Morgan fingerprint density at radius 1 is 1.50 bits per heavy atom. The lowest BCUT2D eigenvalue weighted by Gasteiger charge is -2.07. The van der Waals surface area contributed by atoms with Crippen LogP contribution in [0.25, 0.3) is 5.82 Å². The van der Waals surface area contributed by atoms with Gasteiger partial charge in [0.15, 0.2) is 5.82 Å². The third kappa shape index (κ3) is 2.40. The minimum atomic E-state index is 0.678. The van der Waals surface area contributed by atoms with Crippen LogP contribution in [-0.4, -0.2) is 21.3 Å². The van der Waals surface area contributed by atoms with Crippen molar-refractivity contribution in [2.75, 3.05) is 6.54 Å². The lowest BCUT2D eigenvalue weighted by Crippen LogP contribution is -2.13. The lowest BCUT2D eigenvalue weighted by atomic mass is 10.2. The number of nitrogens with one attached hydrogen (secondary N) is 1. The van der Waals surface area contributed by atoms with Gasteiger partial charge in [0, 0.05) is 25.1 Å². The number of aromatic nitrogens is 3. The van der Waals surface area contributed by atoms with Crippen LogP contribution in [0.2, 0.25) is 5.02 Å². The van der Waals surface area contributed by atoms with Gasteiger partial charge in [-0.05, 0) is 24.2 Å². The topological polar surface area (TPSA) is 42.7 Å². The molecule has 2 heterocycles. The molecule has 0 aromatic carbocycles. The van der Waals surface area contributed by atoms with Crippen LogP contribution in [0.3, 0.4) is 0 Å². The Labute approximate surface area is 99.3 Å². The van der Waals surface area contributed by atoms with E-state index in [-0.39, 0.29) is 0 Å². The van der Waals surface area contributed by atoms with Crippen molar-refractivity contribution < 1.29 is 0 Å². The van der Waals surface area contributed by atoms with Gasteiger partial charge >= 0.3 is 0 Å². The Kier molecular flexibility index (Phi) is 3.54. The molecule has 0 spiro atoms. The van der Waals surface area contributed by atoms with Crippen molar-refractivity contribution in [2.24, 2.45) is 0 Å². The van der Waals surface area contributed by atoms with Crippen LogP contribution in [0, 0.1) is 0 Å². The maximum absolute atomic E-state index is 6.06. The maximum atomic E-state index is 6.06. The Balaban J connectivity index is 2.28. The molecule has 16 heavy (non-hydrogen) atoms. The fourth-order valence-electron chi connectivity index (χ4n) is 1.39. The average Bonchev–Trinajstić information content (AvgIpc) is 2.81. The summed E-state index contributed by atoms with van der Waals surface area (Å²) in [5.74, 6) is 0.780. The Morgan fingerprint density at radius 2 is 2.38 bits per heavy atom. The zero-order chi connectivity index (χ0) is 11.4. The quantitative estimate of drug-likeness (QED) is 0.884. The van der Waals surface area contributed by atoms with Crippen LogP contribution in [-0.2, 0) is 6.54 Å². The molecule has 0 aliphatic rings. The van der Waals surface area contributed by atoms with Gasteiger partial charge in [0.2, 0.25) is 0 Å². The fraction of sp³-hybridized carbons (Fsp3) is 0.273. The predicted molar refractivity (Wildman–Crippen MR) is 63.7 cm³/mol. The normalized spacial score (nSPS) is 10.6. The summed E-state index contributed by atoms with van der Waals surface area (Å²) in [5.41, 5.74) is 1.03. The van der Waals surface area contributed by atoms with Crippen molar-refractivity contribution in [1.82, 2.24) is 20.1 Å². The van der Waals surface area contributed by atoms with Gasteiger partial charge in [-0.25, -0.2) is 9.67 Å². The molecule has 1 N–H and O–H groups in total. The molecule has 5 heteroatoms. The highest BCUT2D eigenvalue weighted by atomic mass is 35.5. The van der Waals surface area contributed by atoms with Crippen molar-refractivity contribution >= 4 is 11.6 Å². The van der Waals surface area contributed by atoms with E-state index in [0.717, 1.165) is 24.5 Å². The van der Waals surface area contributed by atoms with Crippen molar-refractivity contribution in [2.45, 2.75) is 13.5 Å². The van der Waals surface area contributed by atoms with Crippen LogP contribution in [0.5, 0.6) is 0 Å². The van der Waals surface area contributed by atoms with Crippen LogP contribution in [0.15, 0.2) is 30.7 Å². The molecule has 2 aromatic heterocycles. The van der Waals surface area contributed by atoms with Gasteiger partial charge in [-0.3, -0.25) is 0 Å². The standard InChI is InChI=1S/C11H13ClN4/c1-2-13-7-9-6-11(14-8-10(9)12)16-5-3-4-15-16/h3-6,8,13H,2,7H2,1H3. The molecule has 0 amide bonds. The molecule has 0 atom stereocenters. The second-order valence-electron chi connectivity index (χ2n) is 3.36. The molecule has 0 saturated heterocycles. The molecule has 0 saturated carbocycles. The largest absolute Gasteiger partial charge is 0.313 e. The number of nitrogens with zero attached hydrogens (tertiary/aromatic N) is 3. The van der Waals surface area contributed by atoms with Gasteiger partial charge in [-0.15, -0.1) is 0 Å². The van der Waals surface area contributed by atoms with E-state index < -0.39 is 0 Å². The van der Waals surface area contributed by atoms with Crippen LogP contribution < -0.4 is 5.32 Å². The second-order valence-corrected chi connectivity index (χ2v) is 3.77. The van der Waals surface area contributed by atoms with E-state index >= 15 is 0 Å². The summed E-state index contributed by atoms with van der Waals surface area (Å²) in [6.45, 7) is 3.71. The van der Waals surface area contributed by atoms with E-state index in [1.165, 1.54) is 0 Å². The Hall–Kier alpha value is -1.39. The second kappa shape index (κ2) is 5.09. The molecule has 0 unspecified atom stereocenters. The van der Waals surface area contributed by atoms with Crippen molar-refractivity contribution in [3.63, 3.8) is 0 Å². The van der Waals surface area contributed by atoms with Gasteiger partial charge in [0.05, 0.1) is 5.02 Å². The third-order valence-corrected chi connectivity index (χ3v) is 2.57. The minimum absolute atomic E-state index is 0.678. The Bertz CT molecular complexity index is 453. The van der Waals surface area contributed by atoms with Crippen molar-refractivity contribution in [3.8, 4) is 5.82 Å². The zero-order valence-electron chi connectivity index (χ0n) is 9.02. The van der Waals surface area contributed by atoms with E-state index in [1.807, 2.05) is 18.3 Å². The molecule has 4 nitrogen and oxygen atoms in total. The predicted octanol–water partition coefficient (Wildman–Crippen LogP) is 2.03. The SMILES string of the molecule is CCNCc1cc(-n2cccn2)ncc1Cl. The first-order valence-electron chi connectivity index (χ1n) is 5.16. The van der Waals surface area contributed by atoms with E-state index in [0.29, 0.717) is 5.02 Å². The first kappa shape index (κ1) is 11.1. The molecule has 0 aliphatic carbocycles. The molecule has 84 valence electrons. The molecule has 0 bridgehead atoms. The third-order valence-electron chi connectivity index (χ3n) is 2.22. The number of pyridine rings is 1. The molecular weight excluding hydrogens is 224 g/mol. The van der Waals surface area contributed by atoms with Crippen molar-refractivity contribution in [3.05, 3.63) is 41.3 Å². The minimum Gasteiger partial charge on any atom is -0.313 e. The highest BCUT2D eigenvalue weighted by Crippen LogP contribution is 2.16.